The van der Waals surface area contributed by atoms with Gasteiger partial charge in [-0.15, -0.1) is 0 Å². The van der Waals surface area contributed by atoms with Gasteiger partial charge in [-0.3, -0.25) is 0 Å². The Bertz CT molecular complexity index is 1350. The van der Waals surface area contributed by atoms with E-state index in [4.69, 9.17) is 9.47 Å². The minimum atomic E-state index is -0.470. The lowest BCUT2D eigenvalue weighted by atomic mass is 10.0. The van der Waals surface area contributed by atoms with Crippen molar-refractivity contribution in [3.63, 3.8) is 0 Å². The molecule has 0 bridgehead atoms. The fraction of sp³-hybridized carbons (Fsp3) is 0.0714. The first-order chi connectivity index (χ1) is 15.7. The van der Waals surface area contributed by atoms with Gasteiger partial charge in [0.2, 0.25) is 5.90 Å². The Hall–Kier alpha value is -4.18. The van der Waals surface area contributed by atoms with Gasteiger partial charge < -0.3 is 9.47 Å². The molecular weight excluding hydrogens is 398 g/mol. The van der Waals surface area contributed by atoms with E-state index in [1.165, 1.54) is 0 Å². The predicted molar refractivity (Wildman–Crippen MR) is 127 cm³/mol. The molecule has 4 aromatic rings. The molecule has 0 saturated heterocycles. The van der Waals surface area contributed by atoms with E-state index >= 15 is 0 Å². The number of hydrogen-bond acceptors (Lipinski definition) is 4. The Kier molecular flexibility index (Phi) is 5.26. The minimum absolute atomic E-state index is 0.251. The highest BCUT2D eigenvalue weighted by molar-refractivity contribution is 6.13. The molecule has 0 aromatic heterocycles. The molecule has 0 fully saturated rings. The van der Waals surface area contributed by atoms with Gasteiger partial charge in [-0.1, -0.05) is 78.4 Å². The third-order valence-electron chi connectivity index (χ3n) is 5.37. The Morgan fingerprint density at radius 1 is 0.875 bits per heavy atom. The SMILES string of the molecule is Cc1ccc(C2=N/C(=C/c3c(OCc4ccccc4)ccc4ccccc34)C(=O)O2)cc1. The van der Waals surface area contributed by atoms with Crippen LogP contribution in [0.25, 0.3) is 16.8 Å². The average molecular weight is 419 g/mol. The van der Waals surface area contributed by atoms with Crippen LogP contribution in [0, 0.1) is 6.92 Å². The van der Waals surface area contributed by atoms with Crippen molar-refractivity contribution < 1.29 is 14.3 Å². The normalized spacial score (nSPS) is 14.5. The molecule has 0 N–H and O–H groups in total. The van der Waals surface area contributed by atoms with Gasteiger partial charge in [0.1, 0.15) is 12.4 Å². The van der Waals surface area contributed by atoms with Gasteiger partial charge in [0.15, 0.2) is 5.70 Å². The molecule has 1 aliphatic heterocycles. The molecule has 4 nitrogen and oxygen atoms in total. The molecular formula is C28H21NO3. The number of fused-ring (bicyclic) bond motifs is 1. The Labute approximate surface area is 186 Å². The van der Waals surface area contributed by atoms with Crippen molar-refractivity contribution in [1.82, 2.24) is 0 Å². The van der Waals surface area contributed by atoms with E-state index in [9.17, 15) is 4.79 Å². The first-order valence-electron chi connectivity index (χ1n) is 10.5. The van der Waals surface area contributed by atoms with Crippen molar-refractivity contribution in [1.29, 1.82) is 0 Å². The smallest absolute Gasteiger partial charge is 0.363 e. The molecule has 0 spiro atoms. The standard InChI is InChI=1S/C28H21NO3/c1-19-11-13-22(14-12-19)27-29-25(28(30)32-27)17-24-23-10-6-5-9-21(23)15-16-26(24)31-18-20-7-3-2-4-8-20/h2-17H,18H2,1H3/b25-17+. The summed E-state index contributed by atoms with van der Waals surface area (Å²) in [6.07, 6.45) is 1.76. The summed E-state index contributed by atoms with van der Waals surface area (Å²) in [6, 6.07) is 29.7. The maximum Gasteiger partial charge on any atom is 0.363 e. The van der Waals surface area contributed by atoms with Crippen molar-refractivity contribution in [3.8, 4) is 5.75 Å². The van der Waals surface area contributed by atoms with Crippen LogP contribution in [-0.4, -0.2) is 11.9 Å². The van der Waals surface area contributed by atoms with Gasteiger partial charge >= 0.3 is 5.97 Å². The molecule has 0 atom stereocenters. The van der Waals surface area contributed by atoms with Crippen LogP contribution in [0.15, 0.2) is 102 Å². The summed E-state index contributed by atoms with van der Waals surface area (Å²) >= 11 is 0. The van der Waals surface area contributed by atoms with Crippen molar-refractivity contribution >= 4 is 28.7 Å². The van der Waals surface area contributed by atoms with Gasteiger partial charge in [-0.25, -0.2) is 9.79 Å². The van der Waals surface area contributed by atoms with Crippen LogP contribution in [0.1, 0.15) is 22.3 Å². The summed E-state index contributed by atoms with van der Waals surface area (Å²) in [5, 5.41) is 2.04. The lowest BCUT2D eigenvalue weighted by Crippen LogP contribution is -2.05. The van der Waals surface area contributed by atoms with E-state index in [1.807, 2.05) is 97.9 Å². The second kappa shape index (κ2) is 8.52. The number of rotatable bonds is 5. The fourth-order valence-electron chi connectivity index (χ4n) is 3.65. The third-order valence-corrected chi connectivity index (χ3v) is 5.37. The fourth-order valence-corrected chi connectivity index (χ4v) is 3.65. The highest BCUT2D eigenvalue weighted by Gasteiger charge is 2.25. The molecule has 0 aliphatic carbocycles. The number of ether oxygens (including phenoxy) is 2. The number of aryl methyl sites for hydroxylation is 1. The molecule has 156 valence electrons. The van der Waals surface area contributed by atoms with E-state index in [-0.39, 0.29) is 5.70 Å². The first-order valence-corrected chi connectivity index (χ1v) is 10.5. The molecule has 0 unspecified atom stereocenters. The number of hydrogen-bond donors (Lipinski definition) is 0. The predicted octanol–water partition coefficient (Wildman–Crippen LogP) is 6.07. The Balaban J connectivity index is 1.55. The Morgan fingerprint density at radius 2 is 1.62 bits per heavy atom. The molecule has 32 heavy (non-hydrogen) atoms. The number of nitrogens with zero attached hydrogens (tertiary/aromatic N) is 1. The summed E-state index contributed by atoms with van der Waals surface area (Å²) < 4.78 is 11.6. The number of carbonyl (C=O) groups excluding carboxylic acids is 1. The van der Waals surface area contributed by atoms with Gasteiger partial charge in [0.05, 0.1) is 0 Å². The number of benzene rings is 4. The number of cyclic esters (lactones) is 1. The summed E-state index contributed by atoms with van der Waals surface area (Å²) in [5.41, 5.74) is 4.02. The number of esters is 1. The van der Waals surface area contributed by atoms with Crippen molar-refractivity contribution in [2.24, 2.45) is 4.99 Å². The molecule has 1 heterocycles. The maximum atomic E-state index is 12.6. The summed E-state index contributed by atoms with van der Waals surface area (Å²) in [6.45, 7) is 2.44. The molecule has 5 rings (SSSR count). The van der Waals surface area contributed by atoms with Crippen molar-refractivity contribution in [2.45, 2.75) is 13.5 Å². The topological polar surface area (TPSA) is 47.9 Å². The third kappa shape index (κ3) is 4.03. The maximum absolute atomic E-state index is 12.6. The first kappa shape index (κ1) is 19.8. The monoisotopic (exact) mass is 419 g/mol. The molecule has 0 amide bonds. The summed E-state index contributed by atoms with van der Waals surface area (Å²) in [4.78, 5) is 17.1. The van der Waals surface area contributed by atoms with Crippen molar-refractivity contribution in [3.05, 3.63) is 119 Å². The van der Waals surface area contributed by atoms with Gasteiger partial charge in [0.25, 0.3) is 0 Å². The molecule has 1 aliphatic rings. The van der Waals surface area contributed by atoms with Crippen LogP contribution in [0.2, 0.25) is 0 Å². The van der Waals surface area contributed by atoms with Gasteiger partial charge in [-0.05, 0) is 47.5 Å². The Morgan fingerprint density at radius 3 is 2.44 bits per heavy atom. The van der Waals surface area contributed by atoms with Crippen LogP contribution in [0.4, 0.5) is 0 Å². The van der Waals surface area contributed by atoms with Crippen LogP contribution >= 0.6 is 0 Å². The zero-order chi connectivity index (χ0) is 21.9. The van der Waals surface area contributed by atoms with Crippen molar-refractivity contribution in [2.75, 3.05) is 0 Å². The number of carbonyl (C=O) groups is 1. The number of aliphatic imine (C=N–C) groups is 1. The average Bonchev–Trinajstić information content (AvgIpc) is 3.19. The highest BCUT2D eigenvalue weighted by Crippen LogP contribution is 2.32. The van der Waals surface area contributed by atoms with Crippen LogP contribution in [0.5, 0.6) is 5.75 Å². The lowest BCUT2D eigenvalue weighted by Gasteiger charge is -2.12. The largest absolute Gasteiger partial charge is 0.488 e. The molecule has 4 aromatic carbocycles. The van der Waals surface area contributed by atoms with Crippen LogP contribution in [-0.2, 0) is 16.1 Å². The summed E-state index contributed by atoms with van der Waals surface area (Å²) in [7, 11) is 0. The highest BCUT2D eigenvalue weighted by atomic mass is 16.6. The van der Waals surface area contributed by atoms with Gasteiger partial charge in [-0.2, -0.15) is 0 Å². The zero-order valence-electron chi connectivity index (χ0n) is 17.6. The summed E-state index contributed by atoms with van der Waals surface area (Å²) in [5.74, 6) is 0.530. The quantitative estimate of drug-likeness (QED) is 0.291. The lowest BCUT2D eigenvalue weighted by molar-refractivity contribution is -0.129. The zero-order valence-corrected chi connectivity index (χ0v) is 17.6. The van der Waals surface area contributed by atoms with E-state index in [2.05, 4.69) is 4.99 Å². The second-order valence-corrected chi connectivity index (χ2v) is 7.67. The van der Waals surface area contributed by atoms with E-state index in [0.29, 0.717) is 18.3 Å². The van der Waals surface area contributed by atoms with Crippen LogP contribution in [0.3, 0.4) is 0 Å². The minimum Gasteiger partial charge on any atom is -0.488 e. The molecule has 0 saturated carbocycles. The molecule has 0 radical (unpaired) electrons. The van der Waals surface area contributed by atoms with Crippen LogP contribution < -0.4 is 4.74 Å². The van der Waals surface area contributed by atoms with E-state index in [0.717, 1.165) is 33.0 Å². The van der Waals surface area contributed by atoms with E-state index in [1.54, 1.807) is 6.08 Å². The molecule has 4 heteroatoms. The van der Waals surface area contributed by atoms with Gasteiger partial charge in [0, 0.05) is 11.1 Å². The van der Waals surface area contributed by atoms with E-state index < -0.39 is 5.97 Å². The second-order valence-electron chi connectivity index (χ2n) is 7.67.